The Morgan fingerprint density at radius 1 is 1.18 bits per heavy atom. The molecule has 96 valence electrons. The van der Waals surface area contributed by atoms with E-state index in [0.717, 1.165) is 25.8 Å². The van der Waals surface area contributed by atoms with Gasteiger partial charge in [-0.25, -0.2) is 0 Å². The molecule has 0 aliphatic carbocycles. The van der Waals surface area contributed by atoms with E-state index in [9.17, 15) is 4.79 Å². The molecule has 0 bridgehead atoms. The smallest absolute Gasteiger partial charge is 0.243 e. The summed E-state index contributed by atoms with van der Waals surface area (Å²) in [6, 6.07) is 0. The van der Waals surface area contributed by atoms with Crippen LogP contribution in [0.25, 0.3) is 0 Å². The standard InChI is InChI=1S/C15H25NO/c1-4-5-6-7-8-9-10-11-12-15(17)16-13-14(2)3/h4-7,11-12,14H,8-10,13H2,1-3H3,(H,16,17)/b5-4-,7-6-,12-11+. The molecule has 0 aromatic rings. The monoisotopic (exact) mass is 235 g/mol. The topological polar surface area (TPSA) is 29.1 Å². The third kappa shape index (κ3) is 12.6. The third-order valence-electron chi connectivity index (χ3n) is 2.13. The number of unbranched alkanes of at least 4 members (excludes halogenated alkanes) is 2. The number of hydrogen-bond donors (Lipinski definition) is 1. The van der Waals surface area contributed by atoms with Gasteiger partial charge in [0, 0.05) is 6.54 Å². The molecule has 0 aromatic heterocycles. The number of rotatable bonds is 8. The zero-order valence-electron chi connectivity index (χ0n) is 11.3. The second-order valence-electron chi connectivity index (χ2n) is 4.43. The van der Waals surface area contributed by atoms with E-state index in [1.807, 2.05) is 25.2 Å². The molecule has 1 amide bonds. The maximum atomic E-state index is 11.3. The minimum Gasteiger partial charge on any atom is -0.352 e. The van der Waals surface area contributed by atoms with Crippen molar-refractivity contribution in [2.45, 2.75) is 40.0 Å². The summed E-state index contributed by atoms with van der Waals surface area (Å²) >= 11 is 0. The normalized spacial score (nSPS) is 12.2. The average molecular weight is 235 g/mol. The van der Waals surface area contributed by atoms with Gasteiger partial charge in [0.15, 0.2) is 0 Å². The first-order chi connectivity index (χ1) is 8.16. The Morgan fingerprint density at radius 2 is 1.88 bits per heavy atom. The molecule has 0 atom stereocenters. The number of amides is 1. The maximum Gasteiger partial charge on any atom is 0.243 e. The fourth-order valence-corrected chi connectivity index (χ4v) is 1.19. The van der Waals surface area contributed by atoms with Gasteiger partial charge in [0.05, 0.1) is 0 Å². The highest BCUT2D eigenvalue weighted by Gasteiger charge is 1.96. The molecule has 0 radical (unpaired) electrons. The van der Waals surface area contributed by atoms with Gasteiger partial charge in [-0.3, -0.25) is 4.79 Å². The number of allylic oxidation sites excluding steroid dienone is 5. The summed E-state index contributed by atoms with van der Waals surface area (Å²) in [6.07, 6.45) is 14.9. The number of hydrogen-bond acceptors (Lipinski definition) is 1. The molecule has 0 unspecified atom stereocenters. The van der Waals surface area contributed by atoms with E-state index in [0.29, 0.717) is 5.92 Å². The van der Waals surface area contributed by atoms with Crippen molar-refractivity contribution < 1.29 is 4.79 Å². The molecule has 0 spiro atoms. The lowest BCUT2D eigenvalue weighted by Gasteiger charge is -2.04. The van der Waals surface area contributed by atoms with Crippen molar-refractivity contribution >= 4 is 5.91 Å². The van der Waals surface area contributed by atoms with E-state index in [4.69, 9.17) is 0 Å². The lowest BCUT2D eigenvalue weighted by Crippen LogP contribution is -2.25. The summed E-state index contributed by atoms with van der Waals surface area (Å²) < 4.78 is 0. The number of carbonyl (C=O) groups is 1. The molecule has 0 saturated heterocycles. The number of carbonyl (C=O) groups excluding carboxylic acids is 1. The lowest BCUT2D eigenvalue weighted by atomic mass is 10.2. The molecule has 0 heterocycles. The summed E-state index contributed by atoms with van der Waals surface area (Å²) in [5.41, 5.74) is 0. The largest absolute Gasteiger partial charge is 0.352 e. The highest BCUT2D eigenvalue weighted by molar-refractivity contribution is 5.87. The SMILES string of the molecule is C/C=C\C=C/CCC/C=C/C(=O)NCC(C)C. The van der Waals surface area contributed by atoms with Crippen molar-refractivity contribution in [1.29, 1.82) is 0 Å². The van der Waals surface area contributed by atoms with Crippen LogP contribution in [0.2, 0.25) is 0 Å². The zero-order chi connectivity index (χ0) is 12.9. The quantitative estimate of drug-likeness (QED) is 0.388. The predicted molar refractivity (Wildman–Crippen MR) is 74.8 cm³/mol. The van der Waals surface area contributed by atoms with Gasteiger partial charge in [-0.1, -0.05) is 44.2 Å². The van der Waals surface area contributed by atoms with Gasteiger partial charge in [-0.15, -0.1) is 0 Å². The van der Waals surface area contributed by atoms with E-state index in [1.54, 1.807) is 6.08 Å². The molecular weight excluding hydrogens is 210 g/mol. The van der Waals surface area contributed by atoms with Crippen molar-refractivity contribution in [3.05, 3.63) is 36.5 Å². The van der Waals surface area contributed by atoms with Gasteiger partial charge in [0.25, 0.3) is 0 Å². The first kappa shape index (κ1) is 15.7. The zero-order valence-corrected chi connectivity index (χ0v) is 11.3. The van der Waals surface area contributed by atoms with Gasteiger partial charge in [0.2, 0.25) is 5.91 Å². The van der Waals surface area contributed by atoms with Crippen LogP contribution in [0.5, 0.6) is 0 Å². The van der Waals surface area contributed by atoms with Crippen LogP contribution in [0.3, 0.4) is 0 Å². The molecule has 1 N–H and O–H groups in total. The molecule has 0 aromatic carbocycles. The van der Waals surface area contributed by atoms with Crippen molar-refractivity contribution in [2.75, 3.05) is 6.54 Å². The Hall–Kier alpha value is -1.31. The van der Waals surface area contributed by atoms with Gasteiger partial charge >= 0.3 is 0 Å². The van der Waals surface area contributed by atoms with E-state index in [-0.39, 0.29) is 5.91 Å². The van der Waals surface area contributed by atoms with Crippen LogP contribution in [0, 0.1) is 5.92 Å². The summed E-state index contributed by atoms with van der Waals surface area (Å²) in [5.74, 6) is 0.521. The first-order valence-corrected chi connectivity index (χ1v) is 6.39. The van der Waals surface area contributed by atoms with E-state index in [1.165, 1.54) is 0 Å². The Bertz CT molecular complexity index is 275. The third-order valence-corrected chi connectivity index (χ3v) is 2.13. The Labute approximate surface area is 105 Å². The van der Waals surface area contributed by atoms with Crippen LogP contribution in [-0.2, 0) is 4.79 Å². The van der Waals surface area contributed by atoms with E-state index >= 15 is 0 Å². The summed E-state index contributed by atoms with van der Waals surface area (Å²) in [4.78, 5) is 11.3. The van der Waals surface area contributed by atoms with Crippen molar-refractivity contribution in [1.82, 2.24) is 5.32 Å². The Kier molecular flexibility index (Phi) is 10.3. The van der Waals surface area contributed by atoms with Crippen LogP contribution in [0.15, 0.2) is 36.5 Å². The van der Waals surface area contributed by atoms with Crippen molar-refractivity contribution in [3.8, 4) is 0 Å². The molecule has 2 heteroatoms. The highest BCUT2D eigenvalue weighted by Crippen LogP contribution is 1.98. The second kappa shape index (κ2) is 11.2. The minimum absolute atomic E-state index is 0.0168. The molecule has 0 fully saturated rings. The summed E-state index contributed by atoms with van der Waals surface area (Å²) in [5, 5.41) is 2.85. The van der Waals surface area contributed by atoms with Crippen LogP contribution in [0.4, 0.5) is 0 Å². The Morgan fingerprint density at radius 3 is 2.53 bits per heavy atom. The highest BCUT2D eigenvalue weighted by atomic mass is 16.1. The van der Waals surface area contributed by atoms with Gasteiger partial charge in [0.1, 0.15) is 0 Å². The van der Waals surface area contributed by atoms with Crippen LogP contribution in [0.1, 0.15) is 40.0 Å². The fraction of sp³-hybridized carbons (Fsp3) is 0.533. The van der Waals surface area contributed by atoms with Crippen molar-refractivity contribution in [2.24, 2.45) is 5.92 Å². The molecule has 0 saturated carbocycles. The lowest BCUT2D eigenvalue weighted by molar-refractivity contribution is -0.116. The summed E-state index contributed by atoms with van der Waals surface area (Å²) in [6.45, 7) is 6.92. The van der Waals surface area contributed by atoms with E-state index in [2.05, 4.69) is 31.3 Å². The fourth-order valence-electron chi connectivity index (χ4n) is 1.19. The maximum absolute atomic E-state index is 11.3. The molecule has 17 heavy (non-hydrogen) atoms. The molecule has 2 nitrogen and oxygen atoms in total. The van der Waals surface area contributed by atoms with Crippen LogP contribution < -0.4 is 5.32 Å². The second-order valence-corrected chi connectivity index (χ2v) is 4.43. The van der Waals surface area contributed by atoms with Crippen LogP contribution in [-0.4, -0.2) is 12.5 Å². The summed E-state index contributed by atoms with van der Waals surface area (Å²) in [7, 11) is 0. The van der Waals surface area contributed by atoms with E-state index < -0.39 is 0 Å². The number of nitrogens with one attached hydrogen (secondary N) is 1. The average Bonchev–Trinajstić information content (AvgIpc) is 2.30. The molecular formula is C15H25NO. The van der Waals surface area contributed by atoms with Crippen molar-refractivity contribution in [3.63, 3.8) is 0 Å². The molecule has 0 aliphatic rings. The molecule has 0 aliphatic heterocycles. The van der Waals surface area contributed by atoms with Gasteiger partial charge in [-0.2, -0.15) is 0 Å². The predicted octanol–water partition coefficient (Wildman–Crippen LogP) is 3.62. The Balaban J connectivity index is 3.50. The van der Waals surface area contributed by atoms with Gasteiger partial charge in [-0.05, 0) is 38.2 Å². The van der Waals surface area contributed by atoms with Crippen LogP contribution >= 0.6 is 0 Å². The minimum atomic E-state index is 0.0168. The van der Waals surface area contributed by atoms with Gasteiger partial charge < -0.3 is 5.32 Å². The molecule has 0 rings (SSSR count). The first-order valence-electron chi connectivity index (χ1n) is 6.39.